The maximum Gasteiger partial charge on any atom is 0.306 e. The number of amides is 1. The summed E-state index contributed by atoms with van der Waals surface area (Å²) in [5, 5.41) is 13.2. The number of hydrogen-bond donors (Lipinski definition) is 3. The number of aromatic nitrogens is 1. The predicted molar refractivity (Wildman–Crippen MR) is 88.1 cm³/mol. The number of hydrogen-bond acceptors (Lipinski definition) is 2. The second-order valence-electron chi connectivity index (χ2n) is 6.31. The molecule has 0 atom stereocenters. The third-order valence-corrected chi connectivity index (χ3v) is 4.73. The Bertz CT molecular complexity index is 666. The summed E-state index contributed by atoms with van der Waals surface area (Å²) in [6.45, 7) is 0.602. The molecule has 0 radical (unpaired) electrons. The summed E-state index contributed by atoms with van der Waals surface area (Å²) in [6, 6.07) is 10.2. The lowest BCUT2D eigenvalue weighted by Crippen LogP contribution is -2.35. The molecule has 23 heavy (non-hydrogen) atoms. The molecule has 5 nitrogen and oxygen atoms in total. The van der Waals surface area contributed by atoms with Crippen LogP contribution in [0.3, 0.4) is 0 Å². The first-order valence-corrected chi connectivity index (χ1v) is 8.20. The van der Waals surface area contributed by atoms with Crippen LogP contribution < -0.4 is 5.32 Å². The molecule has 1 fully saturated rings. The summed E-state index contributed by atoms with van der Waals surface area (Å²) in [5.41, 5.74) is 2.22. The number of carbonyl (C=O) groups excluding carboxylic acids is 1. The Morgan fingerprint density at radius 3 is 2.52 bits per heavy atom. The predicted octanol–water partition coefficient (Wildman–Crippen LogP) is 2.72. The second-order valence-corrected chi connectivity index (χ2v) is 6.31. The number of carboxylic acid groups (broad SMARTS) is 1. The Kier molecular flexibility index (Phi) is 4.65. The Labute approximate surface area is 135 Å². The van der Waals surface area contributed by atoms with Crippen LogP contribution in [0.25, 0.3) is 10.9 Å². The molecule has 0 spiro atoms. The number of carbonyl (C=O) groups is 2. The first-order valence-electron chi connectivity index (χ1n) is 8.20. The van der Waals surface area contributed by atoms with Gasteiger partial charge in [-0.3, -0.25) is 9.59 Å². The molecule has 1 aromatic carbocycles. The summed E-state index contributed by atoms with van der Waals surface area (Å²) in [6.07, 6.45) is 3.33. The van der Waals surface area contributed by atoms with Crippen molar-refractivity contribution in [2.75, 3.05) is 6.54 Å². The van der Waals surface area contributed by atoms with Gasteiger partial charge in [0.05, 0.1) is 5.92 Å². The number of aliphatic carboxylic acids is 1. The van der Waals surface area contributed by atoms with Gasteiger partial charge >= 0.3 is 5.97 Å². The highest BCUT2D eigenvalue weighted by Crippen LogP contribution is 2.29. The normalized spacial score (nSPS) is 21.2. The number of nitrogens with one attached hydrogen (secondary N) is 2. The molecule has 122 valence electrons. The molecule has 1 heterocycles. The lowest BCUT2D eigenvalue weighted by Gasteiger charge is -2.25. The second kappa shape index (κ2) is 6.86. The van der Waals surface area contributed by atoms with Gasteiger partial charge in [0.1, 0.15) is 0 Å². The van der Waals surface area contributed by atoms with Crippen molar-refractivity contribution in [2.24, 2.45) is 11.8 Å². The smallest absolute Gasteiger partial charge is 0.306 e. The summed E-state index contributed by atoms with van der Waals surface area (Å²) in [5.74, 6) is -0.980. The van der Waals surface area contributed by atoms with E-state index in [4.69, 9.17) is 5.11 Å². The van der Waals surface area contributed by atoms with Crippen LogP contribution in [-0.4, -0.2) is 28.5 Å². The summed E-state index contributed by atoms with van der Waals surface area (Å²) in [4.78, 5) is 26.4. The van der Waals surface area contributed by atoms with Crippen molar-refractivity contribution in [3.8, 4) is 0 Å². The number of aromatic amines is 1. The molecule has 1 saturated carbocycles. The summed E-state index contributed by atoms with van der Waals surface area (Å²) in [7, 11) is 0. The Morgan fingerprint density at radius 1 is 1.13 bits per heavy atom. The van der Waals surface area contributed by atoms with Crippen LogP contribution in [-0.2, 0) is 16.0 Å². The molecular weight excluding hydrogens is 292 g/mol. The highest BCUT2D eigenvalue weighted by molar-refractivity contribution is 5.80. The molecule has 0 aliphatic heterocycles. The van der Waals surface area contributed by atoms with Gasteiger partial charge < -0.3 is 15.4 Å². The minimum Gasteiger partial charge on any atom is -0.481 e. The molecule has 1 aliphatic rings. The van der Waals surface area contributed by atoms with Crippen LogP contribution in [0.1, 0.15) is 31.4 Å². The molecular formula is C18H22N2O3. The van der Waals surface area contributed by atoms with Crippen LogP contribution in [0.5, 0.6) is 0 Å². The van der Waals surface area contributed by atoms with E-state index in [-0.39, 0.29) is 17.7 Å². The van der Waals surface area contributed by atoms with Crippen LogP contribution in [0.15, 0.2) is 30.3 Å². The van der Waals surface area contributed by atoms with Crippen LogP contribution >= 0.6 is 0 Å². The zero-order valence-corrected chi connectivity index (χ0v) is 13.0. The molecule has 2 aromatic rings. The number of para-hydroxylation sites is 1. The van der Waals surface area contributed by atoms with Gasteiger partial charge in [0.2, 0.25) is 5.91 Å². The fraction of sp³-hybridized carbons (Fsp3) is 0.444. The highest BCUT2D eigenvalue weighted by Gasteiger charge is 2.29. The van der Waals surface area contributed by atoms with Gasteiger partial charge in [0.15, 0.2) is 0 Å². The molecule has 0 unspecified atom stereocenters. The molecule has 3 rings (SSSR count). The number of rotatable bonds is 5. The van der Waals surface area contributed by atoms with E-state index in [1.165, 1.54) is 5.39 Å². The lowest BCUT2D eigenvalue weighted by atomic mass is 9.81. The number of carboxylic acids is 1. The quantitative estimate of drug-likeness (QED) is 0.793. The van der Waals surface area contributed by atoms with Crippen LogP contribution in [0, 0.1) is 11.8 Å². The molecule has 1 aromatic heterocycles. The maximum atomic E-state index is 12.2. The molecule has 0 saturated heterocycles. The molecule has 5 heteroatoms. The van der Waals surface area contributed by atoms with Gasteiger partial charge in [-0.15, -0.1) is 0 Å². The minimum absolute atomic E-state index is 0.0340. The van der Waals surface area contributed by atoms with Gasteiger partial charge in [-0.05, 0) is 43.2 Å². The third-order valence-electron chi connectivity index (χ3n) is 4.73. The van der Waals surface area contributed by atoms with Crippen molar-refractivity contribution < 1.29 is 14.7 Å². The standard InChI is InChI=1S/C18H22N2O3/c21-17(12-5-7-13(8-6-12)18(22)23)19-10-9-15-11-14-3-1-2-4-16(14)20-15/h1-4,11-13,20H,5-10H2,(H,19,21)(H,22,23). The van der Waals surface area contributed by atoms with E-state index in [1.807, 2.05) is 18.2 Å². The first-order chi connectivity index (χ1) is 11.1. The van der Waals surface area contributed by atoms with Crippen molar-refractivity contribution in [1.29, 1.82) is 0 Å². The molecule has 3 N–H and O–H groups in total. The van der Waals surface area contributed by atoms with E-state index in [2.05, 4.69) is 22.4 Å². The minimum atomic E-state index is -0.734. The van der Waals surface area contributed by atoms with Crippen molar-refractivity contribution in [3.05, 3.63) is 36.0 Å². The van der Waals surface area contributed by atoms with E-state index < -0.39 is 5.97 Å². The SMILES string of the molecule is O=C(O)C1CCC(C(=O)NCCc2cc3ccccc3[nH]2)CC1. The Balaban J connectivity index is 1.45. The van der Waals surface area contributed by atoms with Gasteiger partial charge in [-0.25, -0.2) is 0 Å². The lowest BCUT2D eigenvalue weighted by molar-refractivity contribution is -0.144. The highest BCUT2D eigenvalue weighted by atomic mass is 16.4. The van der Waals surface area contributed by atoms with Crippen molar-refractivity contribution in [1.82, 2.24) is 10.3 Å². The molecule has 1 amide bonds. The molecule has 0 bridgehead atoms. The monoisotopic (exact) mass is 314 g/mol. The third kappa shape index (κ3) is 3.73. The number of H-pyrrole nitrogens is 1. The summed E-state index contributed by atoms with van der Waals surface area (Å²) < 4.78 is 0. The molecule has 1 aliphatic carbocycles. The van der Waals surface area contributed by atoms with E-state index >= 15 is 0 Å². The van der Waals surface area contributed by atoms with Gasteiger partial charge in [0, 0.05) is 30.1 Å². The number of fused-ring (bicyclic) bond motifs is 1. The zero-order chi connectivity index (χ0) is 16.2. The van der Waals surface area contributed by atoms with E-state index in [9.17, 15) is 9.59 Å². The zero-order valence-electron chi connectivity index (χ0n) is 13.0. The van der Waals surface area contributed by atoms with Gasteiger partial charge in [0.25, 0.3) is 0 Å². The van der Waals surface area contributed by atoms with Crippen molar-refractivity contribution in [2.45, 2.75) is 32.1 Å². The van der Waals surface area contributed by atoms with Crippen LogP contribution in [0.4, 0.5) is 0 Å². The van der Waals surface area contributed by atoms with Crippen molar-refractivity contribution in [3.63, 3.8) is 0 Å². The Morgan fingerprint density at radius 2 is 1.83 bits per heavy atom. The average molecular weight is 314 g/mol. The van der Waals surface area contributed by atoms with Gasteiger partial charge in [-0.2, -0.15) is 0 Å². The van der Waals surface area contributed by atoms with Gasteiger partial charge in [-0.1, -0.05) is 18.2 Å². The number of benzene rings is 1. The van der Waals surface area contributed by atoms with E-state index in [1.54, 1.807) is 0 Å². The fourth-order valence-corrected chi connectivity index (χ4v) is 3.34. The van der Waals surface area contributed by atoms with E-state index in [0.29, 0.717) is 32.2 Å². The van der Waals surface area contributed by atoms with Crippen LogP contribution in [0.2, 0.25) is 0 Å². The van der Waals surface area contributed by atoms with Crippen molar-refractivity contribution >= 4 is 22.8 Å². The average Bonchev–Trinajstić information content (AvgIpc) is 2.97. The summed E-state index contributed by atoms with van der Waals surface area (Å²) >= 11 is 0. The largest absolute Gasteiger partial charge is 0.481 e. The topological polar surface area (TPSA) is 82.2 Å². The van der Waals surface area contributed by atoms with E-state index in [0.717, 1.165) is 17.6 Å². The first kappa shape index (κ1) is 15.6. The Hall–Kier alpha value is -2.30. The maximum absolute atomic E-state index is 12.2. The fourth-order valence-electron chi connectivity index (χ4n) is 3.34.